The van der Waals surface area contributed by atoms with Crippen LogP contribution in [0.3, 0.4) is 0 Å². The number of carbonyl (C=O) groups is 2. The summed E-state index contributed by atoms with van der Waals surface area (Å²) in [6.45, 7) is 5.47. The number of hydrogen-bond acceptors (Lipinski definition) is 6. The number of amides is 2. The smallest absolute Gasteiger partial charge is 0.286 e. The lowest BCUT2D eigenvalue weighted by molar-refractivity contribution is -0.119. The fraction of sp³-hybridized carbons (Fsp3) is 0.355. The molecule has 1 heterocycles. The van der Waals surface area contributed by atoms with E-state index < -0.39 is 5.25 Å². The van der Waals surface area contributed by atoms with Crippen LogP contribution in [0.15, 0.2) is 66.7 Å². The van der Waals surface area contributed by atoms with Crippen LogP contribution >= 0.6 is 11.8 Å². The van der Waals surface area contributed by atoms with Gasteiger partial charge >= 0.3 is 0 Å². The minimum atomic E-state index is -0.485. The lowest BCUT2D eigenvalue weighted by atomic mass is 10.0. The summed E-state index contributed by atoms with van der Waals surface area (Å²) in [5, 5.41) is 1.58. The maximum absolute atomic E-state index is 12.1. The fourth-order valence-electron chi connectivity index (χ4n) is 4.36. The molecule has 0 aliphatic carbocycles. The van der Waals surface area contributed by atoms with Crippen LogP contribution in [0.2, 0.25) is 0 Å². The average Bonchev–Trinajstić information content (AvgIpc) is 3.26. The van der Waals surface area contributed by atoms with Gasteiger partial charge in [-0.25, -0.2) is 0 Å². The van der Waals surface area contributed by atoms with E-state index in [0.717, 1.165) is 90.0 Å². The monoisotopic (exact) mass is 533 g/mol. The maximum atomic E-state index is 12.1. The summed E-state index contributed by atoms with van der Waals surface area (Å²) >= 11 is 1.03. The molecule has 1 unspecified atom stereocenters. The quantitative estimate of drug-likeness (QED) is 0.215. The number of imide groups is 1. The predicted octanol–water partition coefficient (Wildman–Crippen LogP) is 7.65. The van der Waals surface area contributed by atoms with Crippen molar-refractivity contribution in [1.29, 1.82) is 0 Å². The Balaban J connectivity index is 1.26. The number of para-hydroxylation sites is 1. The summed E-state index contributed by atoms with van der Waals surface area (Å²) in [4.78, 5) is 23.6. The van der Waals surface area contributed by atoms with Gasteiger partial charge in [0.1, 0.15) is 28.2 Å². The molecule has 0 bridgehead atoms. The Labute approximate surface area is 229 Å². The fourth-order valence-corrected chi connectivity index (χ4v) is 5.18. The van der Waals surface area contributed by atoms with Crippen LogP contribution in [0.25, 0.3) is 0 Å². The third kappa shape index (κ3) is 7.54. The van der Waals surface area contributed by atoms with E-state index in [1.54, 1.807) is 0 Å². The standard InChI is InChI=1S/C31H35NO5S/c1-3-10-22-20-24(29-30(33)32-31(34)38-29)14-16-27(22)35-18-8-9-19-36-28-17-15-26(21-23(28)11-4-2)37-25-12-6-5-7-13-25/h5-7,12-17,20-21,29H,3-4,8-11,18-19H2,1-2H3,(H,32,33,34). The number of ether oxygens (including phenoxy) is 3. The highest BCUT2D eigenvalue weighted by atomic mass is 32.2. The molecule has 3 aromatic rings. The Morgan fingerprint density at radius 1 is 0.763 bits per heavy atom. The van der Waals surface area contributed by atoms with Crippen molar-refractivity contribution in [2.45, 2.75) is 57.6 Å². The number of carbonyl (C=O) groups excluding carboxylic acids is 2. The molecule has 1 saturated heterocycles. The number of rotatable bonds is 14. The molecule has 2 amide bonds. The van der Waals surface area contributed by atoms with E-state index in [0.29, 0.717) is 13.2 Å². The van der Waals surface area contributed by atoms with E-state index in [1.807, 2.05) is 60.7 Å². The summed E-state index contributed by atoms with van der Waals surface area (Å²) in [7, 11) is 0. The lowest BCUT2D eigenvalue weighted by Crippen LogP contribution is -2.20. The van der Waals surface area contributed by atoms with E-state index >= 15 is 0 Å². The Hall–Kier alpha value is -3.45. The third-order valence-corrected chi connectivity index (χ3v) is 7.22. The molecule has 1 N–H and O–H groups in total. The molecule has 4 rings (SSSR count). The first-order valence-corrected chi connectivity index (χ1v) is 14.2. The van der Waals surface area contributed by atoms with E-state index in [1.165, 1.54) is 0 Å². The van der Waals surface area contributed by atoms with Gasteiger partial charge in [0.2, 0.25) is 5.91 Å². The second kappa shape index (κ2) is 13.9. The maximum Gasteiger partial charge on any atom is 0.286 e. The highest BCUT2D eigenvalue weighted by Crippen LogP contribution is 2.36. The largest absolute Gasteiger partial charge is 0.493 e. The first kappa shape index (κ1) is 27.6. The molecule has 1 fully saturated rings. The molecule has 0 radical (unpaired) electrons. The van der Waals surface area contributed by atoms with Crippen molar-refractivity contribution >= 4 is 22.9 Å². The van der Waals surface area contributed by atoms with E-state index in [-0.39, 0.29) is 11.1 Å². The second-order valence-electron chi connectivity index (χ2n) is 9.23. The van der Waals surface area contributed by atoms with Crippen molar-refractivity contribution in [2.75, 3.05) is 13.2 Å². The molecule has 0 saturated carbocycles. The minimum Gasteiger partial charge on any atom is -0.493 e. The van der Waals surface area contributed by atoms with Crippen LogP contribution in [0, 0.1) is 0 Å². The zero-order valence-electron chi connectivity index (χ0n) is 22.0. The van der Waals surface area contributed by atoms with Gasteiger partial charge in [0.15, 0.2) is 0 Å². The van der Waals surface area contributed by atoms with Crippen molar-refractivity contribution < 1.29 is 23.8 Å². The predicted molar refractivity (Wildman–Crippen MR) is 151 cm³/mol. The van der Waals surface area contributed by atoms with E-state index in [9.17, 15) is 9.59 Å². The molecule has 7 heteroatoms. The van der Waals surface area contributed by atoms with Crippen molar-refractivity contribution in [3.8, 4) is 23.0 Å². The van der Waals surface area contributed by atoms with Crippen molar-refractivity contribution in [2.24, 2.45) is 0 Å². The van der Waals surface area contributed by atoms with Crippen LogP contribution < -0.4 is 19.5 Å². The first-order valence-electron chi connectivity index (χ1n) is 13.3. The Morgan fingerprint density at radius 2 is 1.39 bits per heavy atom. The van der Waals surface area contributed by atoms with Gasteiger partial charge in [-0.15, -0.1) is 0 Å². The number of hydrogen-bond donors (Lipinski definition) is 1. The Morgan fingerprint density at radius 3 is 2.00 bits per heavy atom. The van der Waals surface area contributed by atoms with Crippen molar-refractivity contribution in [3.05, 3.63) is 83.4 Å². The summed E-state index contributed by atoms with van der Waals surface area (Å²) < 4.78 is 18.2. The van der Waals surface area contributed by atoms with Gasteiger partial charge in [-0.05, 0) is 90.5 Å². The van der Waals surface area contributed by atoms with Crippen molar-refractivity contribution in [3.63, 3.8) is 0 Å². The van der Waals surface area contributed by atoms with Gasteiger partial charge in [-0.1, -0.05) is 57.0 Å². The molecular weight excluding hydrogens is 498 g/mol. The van der Waals surface area contributed by atoms with Gasteiger partial charge in [-0.3, -0.25) is 14.9 Å². The van der Waals surface area contributed by atoms with Crippen LogP contribution in [-0.4, -0.2) is 24.4 Å². The van der Waals surface area contributed by atoms with Crippen LogP contribution in [0.4, 0.5) is 4.79 Å². The van der Waals surface area contributed by atoms with Crippen molar-refractivity contribution in [1.82, 2.24) is 5.32 Å². The van der Waals surface area contributed by atoms with E-state index in [2.05, 4.69) is 25.2 Å². The topological polar surface area (TPSA) is 73.9 Å². The SMILES string of the molecule is CCCc1cc(Oc2ccccc2)ccc1OCCCCOc1ccc(C2SC(=O)NC2=O)cc1CCC. The molecular formula is C31H35NO5S. The van der Waals surface area contributed by atoms with Crippen LogP contribution in [0.1, 0.15) is 61.5 Å². The van der Waals surface area contributed by atoms with Crippen LogP contribution in [0.5, 0.6) is 23.0 Å². The van der Waals surface area contributed by atoms with Gasteiger partial charge in [0, 0.05) is 0 Å². The molecule has 0 spiro atoms. The normalized spacial score (nSPS) is 14.8. The summed E-state index contributed by atoms with van der Waals surface area (Å²) in [5.74, 6) is 3.12. The number of nitrogens with one attached hydrogen (secondary N) is 1. The van der Waals surface area contributed by atoms with Crippen LogP contribution in [-0.2, 0) is 17.6 Å². The number of thioether (sulfide) groups is 1. The third-order valence-electron chi connectivity index (χ3n) is 6.18. The van der Waals surface area contributed by atoms with E-state index in [4.69, 9.17) is 14.2 Å². The molecule has 3 aromatic carbocycles. The molecule has 38 heavy (non-hydrogen) atoms. The molecule has 0 aromatic heterocycles. The highest BCUT2D eigenvalue weighted by Gasteiger charge is 2.33. The zero-order chi connectivity index (χ0) is 26.7. The van der Waals surface area contributed by atoms with Gasteiger partial charge < -0.3 is 14.2 Å². The summed E-state index contributed by atoms with van der Waals surface area (Å²) in [6, 6.07) is 21.6. The number of aryl methyl sites for hydroxylation is 2. The number of benzene rings is 3. The zero-order valence-corrected chi connectivity index (χ0v) is 22.9. The molecule has 1 aliphatic heterocycles. The minimum absolute atomic E-state index is 0.253. The first-order chi connectivity index (χ1) is 18.6. The molecule has 6 nitrogen and oxygen atoms in total. The number of unbranched alkanes of at least 4 members (excludes halogenated alkanes) is 1. The Kier molecular flexibility index (Phi) is 10.1. The summed E-state index contributed by atoms with van der Waals surface area (Å²) in [6.07, 6.45) is 5.50. The molecule has 1 aliphatic rings. The highest BCUT2D eigenvalue weighted by molar-refractivity contribution is 8.15. The Bertz CT molecular complexity index is 1230. The van der Waals surface area contributed by atoms with Gasteiger partial charge in [0.25, 0.3) is 5.24 Å². The second-order valence-corrected chi connectivity index (χ2v) is 10.3. The summed E-state index contributed by atoms with van der Waals surface area (Å²) in [5.41, 5.74) is 3.05. The average molecular weight is 534 g/mol. The lowest BCUT2D eigenvalue weighted by Gasteiger charge is -2.15. The molecule has 200 valence electrons. The molecule has 1 atom stereocenters. The van der Waals surface area contributed by atoms with Gasteiger partial charge in [-0.2, -0.15) is 0 Å². The van der Waals surface area contributed by atoms with Gasteiger partial charge in [0.05, 0.1) is 13.2 Å².